The lowest BCUT2D eigenvalue weighted by atomic mass is 9.89. The second-order valence-electron chi connectivity index (χ2n) is 4.85. The van der Waals surface area contributed by atoms with Gasteiger partial charge in [-0.05, 0) is 14.1 Å². The molecule has 0 aromatic heterocycles. The molecular weight excluding hydrogens is 180 g/mol. The largest absolute Gasteiger partial charge is 0.390 e. The van der Waals surface area contributed by atoms with Gasteiger partial charge in [0.1, 0.15) is 0 Å². The first-order chi connectivity index (χ1) is 6.52. The highest BCUT2D eigenvalue weighted by atomic mass is 16.5. The molecule has 84 valence electrons. The Balaban J connectivity index is 2.02. The smallest absolute Gasteiger partial charge is 0.0791 e. The van der Waals surface area contributed by atoms with Gasteiger partial charge in [0.25, 0.3) is 0 Å². The molecule has 1 aliphatic heterocycles. The number of aliphatic hydroxyl groups excluding tert-OH is 1. The van der Waals surface area contributed by atoms with Crippen molar-refractivity contribution in [3.63, 3.8) is 0 Å². The summed E-state index contributed by atoms with van der Waals surface area (Å²) in [5.74, 6) is 0. The molecule has 0 saturated carbocycles. The molecular formula is C10H22N2O2. The van der Waals surface area contributed by atoms with Gasteiger partial charge in [0.05, 0.1) is 19.3 Å². The predicted molar refractivity (Wildman–Crippen MR) is 56.4 cm³/mol. The summed E-state index contributed by atoms with van der Waals surface area (Å²) >= 11 is 0. The second kappa shape index (κ2) is 5.07. The number of ether oxygens (including phenoxy) is 1. The van der Waals surface area contributed by atoms with Crippen LogP contribution in [0.3, 0.4) is 0 Å². The van der Waals surface area contributed by atoms with Gasteiger partial charge in [0.15, 0.2) is 0 Å². The zero-order valence-electron chi connectivity index (χ0n) is 9.42. The monoisotopic (exact) mass is 202 g/mol. The number of likely N-dealkylation sites (N-methyl/N-ethyl adjacent to an activating group) is 1. The molecule has 4 heteroatoms. The van der Waals surface area contributed by atoms with E-state index in [1.165, 1.54) is 0 Å². The van der Waals surface area contributed by atoms with Crippen LogP contribution in [0.25, 0.3) is 0 Å². The van der Waals surface area contributed by atoms with Crippen LogP contribution in [0.4, 0.5) is 0 Å². The highest BCUT2D eigenvalue weighted by Gasteiger charge is 2.32. The third-order valence-corrected chi connectivity index (χ3v) is 2.41. The first kappa shape index (κ1) is 11.9. The molecule has 2 N–H and O–H groups in total. The summed E-state index contributed by atoms with van der Waals surface area (Å²) in [7, 11) is 3.93. The zero-order chi connectivity index (χ0) is 10.6. The van der Waals surface area contributed by atoms with E-state index in [9.17, 15) is 5.11 Å². The average Bonchev–Trinajstić information content (AvgIpc) is 1.99. The molecule has 0 aromatic rings. The van der Waals surface area contributed by atoms with Gasteiger partial charge in [0.2, 0.25) is 0 Å². The minimum absolute atomic E-state index is 0.283. The summed E-state index contributed by atoms with van der Waals surface area (Å²) in [6.45, 7) is 6.17. The minimum atomic E-state index is -0.283. The number of rotatable bonds is 6. The Morgan fingerprint density at radius 3 is 2.57 bits per heavy atom. The highest BCUT2D eigenvalue weighted by Crippen LogP contribution is 2.24. The lowest BCUT2D eigenvalue weighted by Crippen LogP contribution is -2.49. The molecule has 0 amide bonds. The van der Waals surface area contributed by atoms with Crippen molar-refractivity contribution in [1.29, 1.82) is 0 Å². The van der Waals surface area contributed by atoms with Gasteiger partial charge in [-0.15, -0.1) is 0 Å². The van der Waals surface area contributed by atoms with Crippen LogP contribution in [-0.4, -0.2) is 63.1 Å². The van der Waals surface area contributed by atoms with Crippen LogP contribution in [0.1, 0.15) is 6.92 Å². The SMILES string of the molecule is CN(C)CC(O)CNCC1(C)COC1. The Labute approximate surface area is 86.2 Å². The van der Waals surface area contributed by atoms with Crippen molar-refractivity contribution in [1.82, 2.24) is 10.2 Å². The summed E-state index contributed by atoms with van der Waals surface area (Å²) in [5, 5.41) is 12.8. The normalized spacial score (nSPS) is 22.1. The molecule has 1 saturated heterocycles. The molecule has 1 heterocycles. The van der Waals surface area contributed by atoms with Gasteiger partial charge < -0.3 is 20.1 Å². The van der Waals surface area contributed by atoms with E-state index >= 15 is 0 Å². The van der Waals surface area contributed by atoms with Gasteiger partial charge in [-0.2, -0.15) is 0 Å². The van der Waals surface area contributed by atoms with Crippen LogP contribution in [0.5, 0.6) is 0 Å². The van der Waals surface area contributed by atoms with Crippen molar-refractivity contribution >= 4 is 0 Å². The summed E-state index contributed by atoms with van der Waals surface area (Å²) in [4.78, 5) is 1.99. The maximum absolute atomic E-state index is 9.57. The molecule has 0 bridgehead atoms. The van der Waals surface area contributed by atoms with Crippen molar-refractivity contribution in [3.8, 4) is 0 Å². The third-order valence-electron chi connectivity index (χ3n) is 2.41. The van der Waals surface area contributed by atoms with Crippen LogP contribution >= 0.6 is 0 Å². The summed E-state index contributed by atoms with van der Waals surface area (Å²) in [5.41, 5.74) is 0.290. The van der Waals surface area contributed by atoms with E-state index in [0.29, 0.717) is 13.1 Å². The fraction of sp³-hybridized carbons (Fsp3) is 1.00. The highest BCUT2D eigenvalue weighted by molar-refractivity contribution is 4.83. The summed E-state index contributed by atoms with van der Waals surface area (Å²) < 4.78 is 5.15. The van der Waals surface area contributed by atoms with Gasteiger partial charge in [-0.25, -0.2) is 0 Å². The van der Waals surface area contributed by atoms with Crippen molar-refractivity contribution in [2.24, 2.45) is 5.41 Å². The van der Waals surface area contributed by atoms with E-state index in [1.807, 2.05) is 19.0 Å². The Bertz CT molecular complexity index is 170. The Morgan fingerprint density at radius 2 is 2.14 bits per heavy atom. The molecule has 0 aromatic carbocycles. The molecule has 1 fully saturated rings. The molecule has 0 aliphatic carbocycles. The maximum atomic E-state index is 9.57. The molecule has 0 spiro atoms. The lowest BCUT2D eigenvalue weighted by molar-refractivity contribution is -0.0996. The average molecular weight is 202 g/mol. The molecule has 1 rings (SSSR count). The Hall–Kier alpha value is -0.160. The van der Waals surface area contributed by atoms with Crippen molar-refractivity contribution in [2.75, 3.05) is 46.9 Å². The number of aliphatic hydroxyl groups is 1. The number of hydrogen-bond donors (Lipinski definition) is 2. The molecule has 0 radical (unpaired) electrons. The van der Waals surface area contributed by atoms with Crippen LogP contribution in [-0.2, 0) is 4.74 Å². The predicted octanol–water partition coefficient (Wildman–Crippen LogP) is -0.465. The quantitative estimate of drug-likeness (QED) is 0.611. The van der Waals surface area contributed by atoms with Crippen molar-refractivity contribution < 1.29 is 9.84 Å². The van der Waals surface area contributed by atoms with Crippen molar-refractivity contribution in [3.05, 3.63) is 0 Å². The van der Waals surface area contributed by atoms with Crippen molar-refractivity contribution in [2.45, 2.75) is 13.0 Å². The summed E-state index contributed by atoms with van der Waals surface area (Å²) in [6, 6.07) is 0. The lowest BCUT2D eigenvalue weighted by Gasteiger charge is -2.38. The van der Waals surface area contributed by atoms with E-state index in [0.717, 1.165) is 19.8 Å². The minimum Gasteiger partial charge on any atom is -0.390 e. The molecule has 1 atom stereocenters. The molecule has 1 aliphatic rings. The van der Waals surface area contributed by atoms with Gasteiger partial charge in [0, 0.05) is 25.0 Å². The third kappa shape index (κ3) is 3.92. The first-order valence-electron chi connectivity index (χ1n) is 5.13. The fourth-order valence-corrected chi connectivity index (χ4v) is 1.58. The van der Waals surface area contributed by atoms with Gasteiger partial charge in [-0.1, -0.05) is 6.92 Å². The fourth-order valence-electron chi connectivity index (χ4n) is 1.58. The molecule has 4 nitrogen and oxygen atoms in total. The van der Waals surface area contributed by atoms with Gasteiger partial charge in [-0.3, -0.25) is 0 Å². The van der Waals surface area contributed by atoms with Crippen LogP contribution in [0, 0.1) is 5.41 Å². The number of nitrogens with one attached hydrogen (secondary N) is 1. The van der Waals surface area contributed by atoms with Crippen LogP contribution in [0.2, 0.25) is 0 Å². The van der Waals surface area contributed by atoms with E-state index in [4.69, 9.17) is 4.74 Å². The summed E-state index contributed by atoms with van der Waals surface area (Å²) in [6.07, 6.45) is -0.283. The Kier molecular flexibility index (Phi) is 4.31. The molecule has 1 unspecified atom stereocenters. The van der Waals surface area contributed by atoms with E-state index < -0.39 is 0 Å². The maximum Gasteiger partial charge on any atom is 0.0791 e. The van der Waals surface area contributed by atoms with E-state index in [1.54, 1.807) is 0 Å². The number of nitrogens with zero attached hydrogens (tertiary/aromatic N) is 1. The van der Waals surface area contributed by atoms with Gasteiger partial charge >= 0.3 is 0 Å². The number of hydrogen-bond acceptors (Lipinski definition) is 4. The van der Waals surface area contributed by atoms with Crippen LogP contribution < -0.4 is 5.32 Å². The first-order valence-corrected chi connectivity index (χ1v) is 5.13. The Morgan fingerprint density at radius 1 is 1.50 bits per heavy atom. The van der Waals surface area contributed by atoms with Crippen LogP contribution in [0.15, 0.2) is 0 Å². The standard InChI is InChI=1S/C10H22N2O2/c1-10(7-14-8-10)6-11-4-9(13)5-12(2)3/h9,11,13H,4-8H2,1-3H3. The second-order valence-corrected chi connectivity index (χ2v) is 4.85. The van der Waals surface area contributed by atoms with E-state index in [2.05, 4.69) is 12.2 Å². The zero-order valence-corrected chi connectivity index (χ0v) is 9.42. The van der Waals surface area contributed by atoms with E-state index in [-0.39, 0.29) is 11.5 Å². The topological polar surface area (TPSA) is 44.7 Å². The molecule has 14 heavy (non-hydrogen) atoms.